The summed E-state index contributed by atoms with van der Waals surface area (Å²) < 4.78 is 23.2. The van der Waals surface area contributed by atoms with Crippen molar-refractivity contribution in [3.8, 4) is 6.07 Å². The van der Waals surface area contributed by atoms with E-state index in [9.17, 15) is 8.42 Å². The maximum Gasteiger partial charge on any atom is 0.190 e. The first-order valence-electron chi connectivity index (χ1n) is 4.51. The summed E-state index contributed by atoms with van der Waals surface area (Å²) in [7, 11) is 0.169. The Morgan fingerprint density at radius 2 is 1.93 bits per heavy atom. The van der Waals surface area contributed by atoms with E-state index in [1.165, 1.54) is 6.08 Å². The van der Waals surface area contributed by atoms with Crippen molar-refractivity contribution in [3.05, 3.63) is 23.3 Å². The van der Waals surface area contributed by atoms with Crippen molar-refractivity contribution in [1.29, 1.82) is 5.26 Å². The largest absolute Gasteiger partial charge is 0.383 e. The normalized spacial score (nSPS) is 13.2. The molecule has 84 valence electrons. The smallest absolute Gasteiger partial charge is 0.190 e. The van der Waals surface area contributed by atoms with E-state index in [-0.39, 0.29) is 4.91 Å². The van der Waals surface area contributed by atoms with Crippen LogP contribution in [0.15, 0.2) is 23.3 Å². The van der Waals surface area contributed by atoms with Gasteiger partial charge in [-0.3, -0.25) is 0 Å². The molecule has 0 aromatic heterocycles. The monoisotopic (exact) mass is 228 g/mol. The molecule has 0 saturated heterocycles. The molecule has 0 unspecified atom stereocenters. The molecule has 0 heterocycles. The van der Waals surface area contributed by atoms with E-state index < -0.39 is 15.1 Å². The fourth-order valence-corrected chi connectivity index (χ4v) is 1.66. The lowest BCUT2D eigenvalue weighted by Gasteiger charge is -2.05. The van der Waals surface area contributed by atoms with Gasteiger partial charge in [0.25, 0.3) is 0 Å². The summed E-state index contributed by atoms with van der Waals surface area (Å²) in [5, 5.41) is 8.16. The Kier molecular flexibility index (Phi) is 5.09. The van der Waals surface area contributed by atoms with Crippen LogP contribution in [0.25, 0.3) is 0 Å². The van der Waals surface area contributed by atoms with Gasteiger partial charge in [-0.1, -0.05) is 0 Å². The van der Waals surface area contributed by atoms with E-state index >= 15 is 0 Å². The maximum atomic E-state index is 11.6. The third-order valence-corrected chi connectivity index (χ3v) is 3.75. The molecule has 0 bridgehead atoms. The van der Waals surface area contributed by atoms with Gasteiger partial charge < -0.3 is 4.90 Å². The highest BCUT2D eigenvalue weighted by Gasteiger charge is 2.21. The molecule has 15 heavy (non-hydrogen) atoms. The average molecular weight is 228 g/mol. The zero-order valence-electron chi connectivity index (χ0n) is 9.43. The maximum absolute atomic E-state index is 11.6. The molecule has 5 heteroatoms. The first-order valence-corrected chi connectivity index (χ1v) is 6.06. The van der Waals surface area contributed by atoms with Crippen LogP contribution in [0.1, 0.15) is 13.8 Å². The second kappa shape index (κ2) is 5.56. The molecule has 0 radical (unpaired) electrons. The Bertz CT molecular complexity index is 398. The lowest BCUT2D eigenvalue weighted by Crippen LogP contribution is -2.15. The Hall–Kier alpha value is -1.28. The fraction of sp³-hybridized carbons (Fsp3) is 0.500. The number of rotatable bonds is 4. The van der Waals surface area contributed by atoms with Gasteiger partial charge >= 0.3 is 0 Å². The van der Waals surface area contributed by atoms with Crippen LogP contribution in [0.2, 0.25) is 0 Å². The minimum absolute atomic E-state index is 0.199. The highest BCUT2D eigenvalue weighted by Crippen LogP contribution is 2.12. The van der Waals surface area contributed by atoms with Gasteiger partial charge in [-0.05, 0) is 32.2 Å². The highest BCUT2D eigenvalue weighted by molar-refractivity contribution is 7.96. The van der Waals surface area contributed by atoms with E-state index in [4.69, 9.17) is 5.26 Å². The fourth-order valence-electron chi connectivity index (χ4n) is 0.752. The molecule has 0 aliphatic carbocycles. The van der Waals surface area contributed by atoms with Crippen LogP contribution >= 0.6 is 0 Å². The minimum atomic E-state index is -3.46. The van der Waals surface area contributed by atoms with Crippen molar-refractivity contribution in [2.75, 3.05) is 14.1 Å². The first-order chi connectivity index (χ1) is 6.82. The Morgan fingerprint density at radius 1 is 1.40 bits per heavy atom. The molecule has 4 nitrogen and oxygen atoms in total. The van der Waals surface area contributed by atoms with Crippen LogP contribution in [0, 0.1) is 11.3 Å². The van der Waals surface area contributed by atoms with Crippen molar-refractivity contribution in [1.82, 2.24) is 4.90 Å². The average Bonchev–Trinajstić information content (AvgIpc) is 2.11. The van der Waals surface area contributed by atoms with Gasteiger partial charge in [0, 0.05) is 14.1 Å². The third-order valence-electron chi connectivity index (χ3n) is 1.67. The van der Waals surface area contributed by atoms with Gasteiger partial charge in [0.05, 0.1) is 5.25 Å². The summed E-state index contributed by atoms with van der Waals surface area (Å²) in [6.45, 7) is 3.10. The quantitative estimate of drug-likeness (QED) is 0.537. The molecule has 0 aromatic carbocycles. The number of nitrogens with zero attached hydrogens (tertiary/aromatic N) is 2. The van der Waals surface area contributed by atoms with Crippen molar-refractivity contribution in [3.63, 3.8) is 0 Å². The van der Waals surface area contributed by atoms with Crippen molar-refractivity contribution in [2.24, 2.45) is 0 Å². The predicted molar refractivity (Wildman–Crippen MR) is 60.6 cm³/mol. The van der Waals surface area contributed by atoms with Gasteiger partial charge in [-0.15, -0.1) is 0 Å². The molecule has 0 spiro atoms. The number of nitriles is 1. The van der Waals surface area contributed by atoms with Crippen molar-refractivity contribution >= 4 is 9.84 Å². The van der Waals surface area contributed by atoms with Crippen LogP contribution in [-0.2, 0) is 9.84 Å². The van der Waals surface area contributed by atoms with E-state index in [1.54, 1.807) is 37.1 Å². The number of allylic oxidation sites excluding steroid dienone is 3. The molecule has 0 saturated carbocycles. The van der Waals surface area contributed by atoms with Crippen molar-refractivity contribution in [2.45, 2.75) is 19.1 Å². The third kappa shape index (κ3) is 4.17. The lowest BCUT2D eigenvalue weighted by atomic mass is 10.5. The standard InChI is InChI=1S/C10H16N2O2S/c1-9(2)15(13,14)10(8-11)6-5-7-12(3)4/h5-7,9H,1-4H3/b7-5-,10-6-. The molecule has 0 amide bonds. The van der Waals surface area contributed by atoms with Gasteiger partial charge in [-0.25, -0.2) is 8.42 Å². The van der Waals surface area contributed by atoms with Crippen LogP contribution in [-0.4, -0.2) is 32.7 Å². The summed E-state index contributed by atoms with van der Waals surface area (Å²) in [5.74, 6) is 0. The molecule has 0 aliphatic rings. The van der Waals surface area contributed by atoms with E-state index in [1.807, 2.05) is 14.1 Å². The predicted octanol–water partition coefficient (Wildman–Crippen LogP) is 1.29. The summed E-state index contributed by atoms with van der Waals surface area (Å²) in [6.07, 6.45) is 4.53. The van der Waals surface area contributed by atoms with Gasteiger partial charge in [0.15, 0.2) is 9.84 Å². The molecule has 0 N–H and O–H groups in total. The van der Waals surface area contributed by atoms with E-state index in [0.29, 0.717) is 0 Å². The second-order valence-corrected chi connectivity index (χ2v) is 6.01. The zero-order chi connectivity index (χ0) is 12.1. The molecule has 0 atom stereocenters. The van der Waals surface area contributed by atoms with Gasteiger partial charge in [0.1, 0.15) is 11.0 Å². The molecular formula is C10H16N2O2S. The highest BCUT2D eigenvalue weighted by atomic mass is 32.2. The Labute approximate surface area is 91.4 Å². The number of sulfone groups is 1. The number of hydrogen-bond acceptors (Lipinski definition) is 4. The van der Waals surface area contributed by atoms with Crippen LogP contribution in [0.5, 0.6) is 0 Å². The van der Waals surface area contributed by atoms with Crippen LogP contribution < -0.4 is 0 Å². The summed E-state index contributed by atoms with van der Waals surface area (Å²) in [5.41, 5.74) is 0. The molecular weight excluding hydrogens is 212 g/mol. The molecule has 0 fully saturated rings. The summed E-state index contributed by atoms with van der Waals surface area (Å²) in [6, 6.07) is 1.70. The lowest BCUT2D eigenvalue weighted by molar-refractivity contribution is 0.564. The van der Waals surface area contributed by atoms with E-state index in [2.05, 4.69) is 0 Å². The van der Waals surface area contributed by atoms with E-state index in [0.717, 1.165) is 0 Å². The molecule has 0 rings (SSSR count). The second-order valence-electron chi connectivity index (χ2n) is 3.54. The SMILES string of the molecule is CC(C)S(=O)(=O)/C(C#N)=C\C=C/N(C)C. The zero-order valence-corrected chi connectivity index (χ0v) is 10.2. The van der Waals surface area contributed by atoms with Crippen LogP contribution in [0.4, 0.5) is 0 Å². The Morgan fingerprint density at radius 3 is 2.27 bits per heavy atom. The number of hydrogen-bond donors (Lipinski definition) is 0. The van der Waals surface area contributed by atoms with Crippen LogP contribution in [0.3, 0.4) is 0 Å². The van der Waals surface area contributed by atoms with Crippen molar-refractivity contribution < 1.29 is 8.42 Å². The molecule has 0 aliphatic heterocycles. The summed E-state index contributed by atoms with van der Waals surface area (Å²) in [4.78, 5) is 1.56. The minimum Gasteiger partial charge on any atom is -0.383 e. The first kappa shape index (κ1) is 13.7. The molecule has 0 aromatic rings. The Balaban J connectivity index is 5.05. The summed E-state index contributed by atoms with van der Waals surface area (Å²) >= 11 is 0. The van der Waals surface area contributed by atoms with Gasteiger partial charge in [-0.2, -0.15) is 5.26 Å². The van der Waals surface area contributed by atoms with Gasteiger partial charge in [0.2, 0.25) is 0 Å². The topological polar surface area (TPSA) is 61.2 Å².